The highest BCUT2D eigenvalue weighted by Gasteiger charge is 2.44. The lowest BCUT2D eigenvalue weighted by atomic mass is 9.68. The van der Waals surface area contributed by atoms with Gasteiger partial charge in [0.05, 0.1) is 43.0 Å². The Balaban J connectivity index is 1.39. The highest BCUT2D eigenvalue weighted by molar-refractivity contribution is 7.90. The zero-order chi connectivity index (χ0) is 30.8. The number of anilines is 1. The predicted molar refractivity (Wildman–Crippen MR) is 176 cm³/mol. The van der Waals surface area contributed by atoms with E-state index in [2.05, 4.69) is 40.8 Å². The third kappa shape index (κ3) is 6.52. The second-order valence-electron chi connectivity index (χ2n) is 13.2. The number of methoxy groups -OCH3 is 1. The molecule has 7 atom stereocenters. The Hall–Kier alpha value is -2.23. The number of carbonyl (C=O) groups is 1. The van der Waals surface area contributed by atoms with Crippen LogP contribution in [0.3, 0.4) is 0 Å². The van der Waals surface area contributed by atoms with Crippen LogP contribution in [0, 0.1) is 17.8 Å². The maximum Gasteiger partial charge on any atom is 0.292 e. The molecule has 2 heterocycles. The van der Waals surface area contributed by atoms with Crippen LogP contribution in [0.5, 0.6) is 5.75 Å². The summed E-state index contributed by atoms with van der Waals surface area (Å²) in [6, 6.07) is 12.0. The van der Waals surface area contributed by atoms with Crippen molar-refractivity contribution in [2.24, 2.45) is 17.8 Å². The maximum atomic E-state index is 13.4. The van der Waals surface area contributed by atoms with E-state index in [9.17, 15) is 9.35 Å². The van der Waals surface area contributed by atoms with Gasteiger partial charge in [0.1, 0.15) is 11.0 Å². The summed E-state index contributed by atoms with van der Waals surface area (Å²) in [5.74, 6) is 1.39. The van der Waals surface area contributed by atoms with E-state index in [0.717, 1.165) is 68.1 Å². The van der Waals surface area contributed by atoms with Gasteiger partial charge >= 0.3 is 0 Å². The van der Waals surface area contributed by atoms with Gasteiger partial charge in [0, 0.05) is 42.1 Å². The highest BCUT2D eigenvalue weighted by atomic mass is 35.5. The summed E-state index contributed by atoms with van der Waals surface area (Å²) in [5, 5.41) is 0.562. The molecule has 2 aliphatic carbocycles. The van der Waals surface area contributed by atoms with Crippen molar-refractivity contribution in [3.63, 3.8) is 0 Å². The van der Waals surface area contributed by atoms with Gasteiger partial charge in [0.25, 0.3) is 5.91 Å². The monoisotopic (exact) mass is 640 g/mol. The lowest BCUT2D eigenvalue weighted by Gasteiger charge is -2.46. The number of halogens is 1. The van der Waals surface area contributed by atoms with Crippen LogP contribution in [0.25, 0.3) is 0 Å². The van der Waals surface area contributed by atoms with Crippen LogP contribution in [0.15, 0.2) is 48.6 Å². The molecule has 6 rings (SSSR count). The molecule has 0 aromatic heterocycles. The highest BCUT2D eigenvalue weighted by Crippen LogP contribution is 2.47. The molecule has 2 bridgehead atoms. The largest absolute Gasteiger partial charge is 0.593 e. The molecule has 0 radical (unpaired) electrons. The average Bonchev–Trinajstić information content (AvgIpc) is 3.15. The van der Waals surface area contributed by atoms with E-state index in [-0.39, 0.29) is 28.6 Å². The molecular weight excluding hydrogens is 596 g/mol. The molecule has 1 N–H and O–H groups in total. The van der Waals surface area contributed by atoms with E-state index < -0.39 is 11.4 Å². The molecule has 2 aromatic carbocycles. The first-order valence-electron chi connectivity index (χ1n) is 16.1. The van der Waals surface area contributed by atoms with Gasteiger partial charge in [0.2, 0.25) is 0 Å². The van der Waals surface area contributed by atoms with Crippen LogP contribution in [0.1, 0.15) is 67.4 Å². The van der Waals surface area contributed by atoms with Crippen molar-refractivity contribution in [3.05, 3.63) is 70.3 Å². The SMILES string of the molecule is COCCOC1/C=C/CC(C)C(C)[S+]([O-])NC(=O)c2ccc3c(c2)N(CC2CCC21)CC1(CCCc2cc(Cl)ccc21)CO3. The molecule has 1 fully saturated rings. The molecule has 2 aliphatic heterocycles. The van der Waals surface area contributed by atoms with Gasteiger partial charge in [-0.15, -0.1) is 0 Å². The molecule has 1 spiro atoms. The molecule has 7 unspecified atom stereocenters. The fourth-order valence-corrected chi connectivity index (χ4v) is 8.67. The van der Waals surface area contributed by atoms with Crippen molar-refractivity contribution in [2.45, 2.75) is 69.1 Å². The first-order valence-corrected chi connectivity index (χ1v) is 17.7. The Morgan fingerprint density at radius 2 is 2.05 bits per heavy atom. The predicted octanol–water partition coefficient (Wildman–Crippen LogP) is 6.25. The molecule has 1 saturated carbocycles. The normalized spacial score (nSPS) is 32.8. The molecule has 7 nitrogen and oxygen atoms in total. The number of rotatable bonds is 4. The fraction of sp³-hybridized carbons (Fsp3) is 0.571. The van der Waals surface area contributed by atoms with Crippen molar-refractivity contribution in [2.75, 3.05) is 44.9 Å². The van der Waals surface area contributed by atoms with E-state index in [4.69, 9.17) is 25.8 Å². The number of fused-ring (bicyclic) bond motifs is 4. The van der Waals surface area contributed by atoms with Crippen LogP contribution >= 0.6 is 11.6 Å². The smallest absolute Gasteiger partial charge is 0.292 e. The number of aryl methyl sites for hydroxylation is 1. The molecule has 2 aromatic rings. The molecule has 4 aliphatic rings. The van der Waals surface area contributed by atoms with E-state index in [0.29, 0.717) is 37.2 Å². The second-order valence-corrected chi connectivity index (χ2v) is 15.2. The van der Waals surface area contributed by atoms with Crippen molar-refractivity contribution in [3.8, 4) is 5.75 Å². The number of hydrogen-bond donors (Lipinski definition) is 1. The Bertz CT molecular complexity index is 1370. The lowest BCUT2D eigenvalue weighted by molar-refractivity contribution is -0.0309. The molecule has 238 valence electrons. The minimum atomic E-state index is -1.52. The van der Waals surface area contributed by atoms with Crippen molar-refractivity contribution >= 4 is 34.6 Å². The number of hydrogen-bond acceptors (Lipinski definition) is 6. The summed E-state index contributed by atoms with van der Waals surface area (Å²) in [6.07, 6.45) is 10.5. The quantitative estimate of drug-likeness (QED) is 0.242. The van der Waals surface area contributed by atoms with E-state index in [1.54, 1.807) is 13.2 Å². The summed E-state index contributed by atoms with van der Waals surface area (Å²) in [6.45, 7) is 7.31. The van der Waals surface area contributed by atoms with Gasteiger partial charge in [-0.2, -0.15) is 4.72 Å². The van der Waals surface area contributed by atoms with Crippen molar-refractivity contribution in [1.82, 2.24) is 4.72 Å². The van der Waals surface area contributed by atoms with Gasteiger partial charge in [-0.25, -0.2) is 0 Å². The zero-order valence-corrected chi connectivity index (χ0v) is 27.6. The number of benzene rings is 2. The third-order valence-electron chi connectivity index (χ3n) is 10.4. The number of amides is 1. The summed E-state index contributed by atoms with van der Waals surface area (Å²) >= 11 is 4.92. The topological polar surface area (TPSA) is 83.1 Å². The number of allylic oxidation sites excluding steroid dienone is 1. The number of ether oxygens (including phenoxy) is 3. The zero-order valence-electron chi connectivity index (χ0n) is 26.1. The number of nitrogens with zero attached hydrogens (tertiary/aromatic N) is 1. The molecule has 9 heteroatoms. The first-order chi connectivity index (χ1) is 21.3. The summed E-state index contributed by atoms with van der Waals surface area (Å²) in [7, 11) is 1.70. The maximum absolute atomic E-state index is 13.4. The van der Waals surface area contributed by atoms with Crippen LogP contribution in [-0.2, 0) is 32.7 Å². The van der Waals surface area contributed by atoms with Crippen molar-refractivity contribution < 1.29 is 23.6 Å². The van der Waals surface area contributed by atoms with Crippen LogP contribution in [0.2, 0.25) is 5.02 Å². The summed E-state index contributed by atoms with van der Waals surface area (Å²) in [4.78, 5) is 15.9. The fourth-order valence-electron chi connectivity index (χ4n) is 7.45. The third-order valence-corrected chi connectivity index (χ3v) is 12.2. The average molecular weight is 641 g/mol. The Labute approximate surface area is 270 Å². The van der Waals surface area contributed by atoms with E-state index >= 15 is 0 Å². The molecule has 1 amide bonds. The second kappa shape index (κ2) is 13.6. The molecule has 44 heavy (non-hydrogen) atoms. The van der Waals surface area contributed by atoms with Crippen LogP contribution < -0.4 is 14.4 Å². The first kappa shape index (κ1) is 31.7. The van der Waals surface area contributed by atoms with Gasteiger partial charge in [0.15, 0.2) is 0 Å². The standard InChI is InChI=1S/C35H45ClN2O5S/c1-23-6-4-8-32(42-17-16-41-3)29-12-9-27(29)20-38-21-35(15-5-7-25-18-28(36)11-13-30(25)35)22-43-33-14-10-26(19-31(33)38)34(39)37-44(40)24(23)2/h4,8,10-11,13-14,18-19,23-24,27,29,32H,5-7,9,12,15-17,20-22H2,1-3H3,(H,37,39)/b8-4+. The Morgan fingerprint density at radius 3 is 2.84 bits per heavy atom. The van der Waals surface area contributed by atoms with E-state index in [1.807, 2.05) is 25.1 Å². The van der Waals surface area contributed by atoms with E-state index in [1.165, 1.54) is 11.1 Å². The van der Waals surface area contributed by atoms with Crippen molar-refractivity contribution in [1.29, 1.82) is 0 Å². The Morgan fingerprint density at radius 1 is 1.18 bits per heavy atom. The molecule has 0 saturated heterocycles. The number of carbonyl (C=O) groups excluding carboxylic acids is 1. The summed E-state index contributed by atoms with van der Waals surface area (Å²) in [5.41, 5.74) is 3.85. The summed E-state index contributed by atoms with van der Waals surface area (Å²) < 4.78 is 34.4. The van der Waals surface area contributed by atoms with Gasteiger partial charge in [-0.05, 0) is 98.7 Å². The number of nitrogens with one attached hydrogen (secondary N) is 1. The van der Waals surface area contributed by atoms with Gasteiger partial charge < -0.3 is 23.7 Å². The minimum absolute atomic E-state index is 0.00921. The molecular formula is C35H45ClN2O5S. The van der Waals surface area contributed by atoms with Crippen LogP contribution in [0.4, 0.5) is 5.69 Å². The minimum Gasteiger partial charge on any atom is -0.593 e. The van der Waals surface area contributed by atoms with Crippen LogP contribution in [-0.4, -0.2) is 61.8 Å². The van der Waals surface area contributed by atoms with Gasteiger partial charge in [-0.1, -0.05) is 36.7 Å². The van der Waals surface area contributed by atoms with Gasteiger partial charge in [-0.3, -0.25) is 4.79 Å². The Kier molecular flexibility index (Phi) is 9.84. The lowest BCUT2D eigenvalue weighted by Crippen LogP contribution is -2.49.